The van der Waals surface area contributed by atoms with Crippen molar-refractivity contribution >= 4 is 0 Å². The number of hydrogen-bond donors (Lipinski definition) is 1. The molecule has 0 saturated heterocycles. The molecule has 16 heavy (non-hydrogen) atoms. The van der Waals surface area contributed by atoms with Crippen molar-refractivity contribution in [2.75, 3.05) is 20.1 Å². The van der Waals surface area contributed by atoms with Gasteiger partial charge in [-0.1, -0.05) is 18.2 Å². The summed E-state index contributed by atoms with van der Waals surface area (Å²) >= 11 is 0. The summed E-state index contributed by atoms with van der Waals surface area (Å²) in [6.07, 6.45) is 3.01. The lowest BCUT2D eigenvalue weighted by molar-refractivity contribution is 0.290. The second kappa shape index (κ2) is 7.19. The minimum atomic E-state index is 0.771. The smallest absolute Gasteiger partial charge is 0.151 e. The van der Waals surface area contributed by atoms with Gasteiger partial charge < -0.3 is 9.84 Å². The van der Waals surface area contributed by atoms with Gasteiger partial charge in [-0.3, -0.25) is 4.90 Å². The van der Waals surface area contributed by atoms with Gasteiger partial charge in [0.25, 0.3) is 0 Å². The van der Waals surface area contributed by atoms with Crippen molar-refractivity contribution in [1.82, 2.24) is 15.4 Å². The van der Waals surface area contributed by atoms with Crippen molar-refractivity contribution in [3.63, 3.8) is 0 Å². The predicted octanol–water partition coefficient (Wildman–Crippen LogP) is 1.79. The van der Waals surface area contributed by atoms with Crippen LogP contribution in [-0.4, -0.2) is 30.2 Å². The highest BCUT2D eigenvalue weighted by molar-refractivity contribution is 5.05. The summed E-state index contributed by atoms with van der Waals surface area (Å²) in [6, 6.07) is 2.00. The van der Waals surface area contributed by atoms with Gasteiger partial charge in [-0.25, -0.2) is 0 Å². The Morgan fingerprint density at radius 2 is 2.44 bits per heavy atom. The van der Waals surface area contributed by atoms with Crippen LogP contribution in [0.15, 0.2) is 23.2 Å². The van der Waals surface area contributed by atoms with E-state index in [0.717, 1.165) is 44.1 Å². The molecule has 1 aromatic rings. The average Bonchev–Trinajstić information content (AvgIpc) is 2.66. The molecule has 1 heterocycles. The summed E-state index contributed by atoms with van der Waals surface area (Å²) in [5, 5.41) is 7.30. The van der Waals surface area contributed by atoms with Crippen LogP contribution in [0.4, 0.5) is 0 Å². The molecule has 0 aliphatic carbocycles. The van der Waals surface area contributed by atoms with Gasteiger partial charge in [-0.05, 0) is 20.0 Å². The van der Waals surface area contributed by atoms with E-state index in [1.54, 1.807) is 0 Å². The first-order valence-corrected chi connectivity index (χ1v) is 5.71. The van der Waals surface area contributed by atoms with Crippen molar-refractivity contribution in [3.8, 4) is 0 Å². The minimum absolute atomic E-state index is 0.771. The molecule has 0 aliphatic heterocycles. The molecule has 0 atom stereocenters. The normalized spacial score (nSPS) is 10.9. The molecule has 0 saturated carbocycles. The van der Waals surface area contributed by atoms with Gasteiger partial charge in [0.05, 0.1) is 12.2 Å². The first kappa shape index (κ1) is 12.9. The summed E-state index contributed by atoms with van der Waals surface area (Å²) in [7, 11) is 2.03. The van der Waals surface area contributed by atoms with Crippen LogP contribution in [0, 0.1) is 0 Å². The third-order valence-corrected chi connectivity index (χ3v) is 2.21. The quantitative estimate of drug-likeness (QED) is 0.539. The number of aromatic nitrogens is 1. The fraction of sp³-hybridized carbons (Fsp3) is 0.583. The van der Waals surface area contributed by atoms with Crippen LogP contribution in [0.5, 0.6) is 0 Å². The molecule has 0 amide bonds. The standard InChI is InChI=1S/C12H21N3O/c1-4-6-13-9-11-8-12(16-14-11)10-15(3)7-5-2/h5,8,13H,2,4,6-7,9-10H2,1,3H3. The Bertz CT molecular complexity index is 309. The van der Waals surface area contributed by atoms with Gasteiger partial charge in [0.15, 0.2) is 5.76 Å². The zero-order valence-corrected chi connectivity index (χ0v) is 10.2. The summed E-state index contributed by atoms with van der Waals surface area (Å²) in [4.78, 5) is 2.12. The zero-order chi connectivity index (χ0) is 11.8. The van der Waals surface area contributed by atoms with Crippen molar-refractivity contribution in [2.24, 2.45) is 0 Å². The first-order valence-electron chi connectivity index (χ1n) is 5.71. The molecular weight excluding hydrogens is 202 g/mol. The van der Waals surface area contributed by atoms with Gasteiger partial charge in [0, 0.05) is 19.2 Å². The van der Waals surface area contributed by atoms with E-state index >= 15 is 0 Å². The highest BCUT2D eigenvalue weighted by Gasteiger charge is 2.05. The van der Waals surface area contributed by atoms with Crippen molar-refractivity contribution < 1.29 is 4.52 Å². The van der Waals surface area contributed by atoms with E-state index < -0.39 is 0 Å². The van der Waals surface area contributed by atoms with E-state index in [4.69, 9.17) is 4.52 Å². The van der Waals surface area contributed by atoms with Crippen LogP contribution in [0.2, 0.25) is 0 Å². The lowest BCUT2D eigenvalue weighted by Gasteiger charge is -2.10. The maximum atomic E-state index is 5.25. The lowest BCUT2D eigenvalue weighted by atomic mass is 10.3. The maximum Gasteiger partial charge on any atom is 0.151 e. The molecule has 1 rings (SSSR count). The van der Waals surface area contributed by atoms with Gasteiger partial charge >= 0.3 is 0 Å². The Morgan fingerprint density at radius 1 is 1.62 bits per heavy atom. The Labute approximate surface area is 97.3 Å². The van der Waals surface area contributed by atoms with E-state index in [2.05, 4.69) is 28.9 Å². The molecule has 1 aromatic heterocycles. The molecule has 0 radical (unpaired) electrons. The van der Waals surface area contributed by atoms with Crippen LogP contribution in [0.25, 0.3) is 0 Å². The molecule has 0 aromatic carbocycles. The average molecular weight is 223 g/mol. The highest BCUT2D eigenvalue weighted by Crippen LogP contribution is 2.06. The topological polar surface area (TPSA) is 41.3 Å². The molecule has 90 valence electrons. The fourth-order valence-electron chi connectivity index (χ4n) is 1.46. The maximum absolute atomic E-state index is 5.25. The number of nitrogens with one attached hydrogen (secondary N) is 1. The van der Waals surface area contributed by atoms with E-state index in [9.17, 15) is 0 Å². The molecular formula is C12H21N3O. The molecule has 0 aliphatic rings. The second-order valence-corrected chi connectivity index (χ2v) is 3.95. The van der Waals surface area contributed by atoms with Crippen LogP contribution in [0.1, 0.15) is 24.8 Å². The van der Waals surface area contributed by atoms with Gasteiger partial charge in [-0.2, -0.15) is 0 Å². The molecule has 4 nitrogen and oxygen atoms in total. The number of rotatable bonds is 8. The Kier molecular flexibility index (Phi) is 5.82. The van der Waals surface area contributed by atoms with E-state index in [1.165, 1.54) is 0 Å². The Balaban J connectivity index is 2.35. The molecule has 1 N–H and O–H groups in total. The number of nitrogens with zero attached hydrogens (tertiary/aromatic N) is 2. The third kappa shape index (κ3) is 4.59. The van der Waals surface area contributed by atoms with Gasteiger partial charge in [-0.15, -0.1) is 6.58 Å². The molecule has 0 bridgehead atoms. The van der Waals surface area contributed by atoms with Crippen molar-refractivity contribution in [2.45, 2.75) is 26.4 Å². The Morgan fingerprint density at radius 3 is 3.12 bits per heavy atom. The second-order valence-electron chi connectivity index (χ2n) is 3.95. The summed E-state index contributed by atoms with van der Waals surface area (Å²) in [5.74, 6) is 0.901. The monoisotopic (exact) mass is 223 g/mol. The van der Waals surface area contributed by atoms with E-state index in [0.29, 0.717) is 0 Å². The highest BCUT2D eigenvalue weighted by atomic mass is 16.5. The minimum Gasteiger partial charge on any atom is -0.360 e. The SMILES string of the molecule is C=CCN(C)Cc1cc(CNCCC)no1. The molecule has 0 fully saturated rings. The third-order valence-electron chi connectivity index (χ3n) is 2.21. The predicted molar refractivity (Wildman–Crippen MR) is 65.0 cm³/mol. The molecule has 4 heteroatoms. The molecule has 0 unspecified atom stereocenters. The summed E-state index contributed by atoms with van der Waals surface area (Å²) in [6.45, 7) is 9.26. The zero-order valence-electron chi connectivity index (χ0n) is 10.2. The van der Waals surface area contributed by atoms with Gasteiger partial charge in [0.1, 0.15) is 0 Å². The van der Waals surface area contributed by atoms with Crippen LogP contribution in [0.3, 0.4) is 0 Å². The Hall–Kier alpha value is -1.13. The number of likely N-dealkylation sites (N-methyl/N-ethyl adjacent to an activating group) is 1. The molecule has 0 spiro atoms. The van der Waals surface area contributed by atoms with Crippen LogP contribution >= 0.6 is 0 Å². The summed E-state index contributed by atoms with van der Waals surface area (Å²) < 4.78 is 5.25. The summed E-state index contributed by atoms with van der Waals surface area (Å²) in [5.41, 5.74) is 0.968. The number of hydrogen-bond acceptors (Lipinski definition) is 4. The van der Waals surface area contributed by atoms with E-state index in [-0.39, 0.29) is 0 Å². The lowest BCUT2D eigenvalue weighted by Crippen LogP contribution is -2.17. The van der Waals surface area contributed by atoms with Crippen LogP contribution < -0.4 is 5.32 Å². The largest absolute Gasteiger partial charge is 0.360 e. The first-order chi connectivity index (χ1) is 7.76. The van der Waals surface area contributed by atoms with Crippen molar-refractivity contribution in [3.05, 3.63) is 30.2 Å². The van der Waals surface area contributed by atoms with Crippen molar-refractivity contribution in [1.29, 1.82) is 0 Å². The van der Waals surface area contributed by atoms with Crippen LogP contribution in [-0.2, 0) is 13.1 Å². The van der Waals surface area contributed by atoms with E-state index in [1.807, 2.05) is 19.2 Å². The fourth-order valence-corrected chi connectivity index (χ4v) is 1.46. The van der Waals surface area contributed by atoms with Gasteiger partial charge in [0.2, 0.25) is 0 Å².